The van der Waals surface area contributed by atoms with Crippen molar-refractivity contribution in [3.05, 3.63) is 72.8 Å². The Bertz CT molecular complexity index is 543. The van der Waals surface area contributed by atoms with Gasteiger partial charge in [0.25, 0.3) is 5.91 Å². The van der Waals surface area contributed by atoms with Crippen molar-refractivity contribution in [2.75, 3.05) is 4.90 Å². The minimum absolute atomic E-state index is 0.134. The van der Waals surface area contributed by atoms with Gasteiger partial charge in [0, 0.05) is 11.4 Å². The summed E-state index contributed by atoms with van der Waals surface area (Å²) in [6, 6.07) is 17.4. The highest BCUT2D eigenvalue weighted by Gasteiger charge is 2.14. The van der Waals surface area contributed by atoms with E-state index in [2.05, 4.69) is 6.58 Å². The predicted octanol–water partition coefficient (Wildman–Crippen LogP) is 3.85. The Labute approximate surface area is 107 Å². The summed E-state index contributed by atoms with van der Waals surface area (Å²) in [6.45, 7) is 5.58. The van der Waals surface area contributed by atoms with Crippen LogP contribution in [-0.2, 0) is 4.79 Å². The standard InChI is InChI=1S/C16H15NO/c1-3-16(18)17(14-7-5-4-6-8-14)15-11-9-13(2)10-12-15/h3-12H,1H2,2H3. The first-order valence-corrected chi connectivity index (χ1v) is 5.80. The molecule has 0 radical (unpaired) electrons. The van der Waals surface area contributed by atoms with Crippen molar-refractivity contribution < 1.29 is 4.79 Å². The average Bonchev–Trinajstić information content (AvgIpc) is 2.42. The van der Waals surface area contributed by atoms with Gasteiger partial charge in [-0.1, -0.05) is 42.5 Å². The first-order chi connectivity index (χ1) is 8.72. The van der Waals surface area contributed by atoms with E-state index >= 15 is 0 Å². The number of carbonyl (C=O) groups is 1. The molecule has 0 aliphatic rings. The quantitative estimate of drug-likeness (QED) is 0.742. The molecule has 0 aromatic heterocycles. The fourth-order valence-electron chi connectivity index (χ4n) is 1.77. The Kier molecular flexibility index (Phi) is 3.58. The minimum Gasteiger partial charge on any atom is -0.278 e. The van der Waals surface area contributed by atoms with Crippen LogP contribution in [0.3, 0.4) is 0 Å². The molecule has 0 unspecified atom stereocenters. The number of hydrogen-bond acceptors (Lipinski definition) is 1. The Morgan fingerprint density at radius 3 is 2.11 bits per heavy atom. The molecule has 2 aromatic rings. The molecule has 2 nitrogen and oxygen atoms in total. The van der Waals surface area contributed by atoms with Gasteiger partial charge in [-0.2, -0.15) is 0 Å². The van der Waals surface area contributed by atoms with Crippen molar-refractivity contribution >= 4 is 17.3 Å². The summed E-state index contributed by atoms with van der Waals surface area (Å²) in [7, 11) is 0. The Morgan fingerprint density at radius 2 is 1.56 bits per heavy atom. The SMILES string of the molecule is C=CC(=O)N(c1ccccc1)c1ccc(C)cc1. The highest BCUT2D eigenvalue weighted by molar-refractivity contribution is 6.06. The number of nitrogens with zero attached hydrogens (tertiary/aromatic N) is 1. The van der Waals surface area contributed by atoms with Gasteiger partial charge in [0.2, 0.25) is 0 Å². The van der Waals surface area contributed by atoms with Gasteiger partial charge in [0.1, 0.15) is 0 Å². The lowest BCUT2D eigenvalue weighted by Gasteiger charge is -2.21. The Morgan fingerprint density at radius 1 is 1.00 bits per heavy atom. The molecule has 0 fully saturated rings. The second-order valence-electron chi connectivity index (χ2n) is 4.05. The van der Waals surface area contributed by atoms with Crippen molar-refractivity contribution in [2.45, 2.75) is 6.92 Å². The molecule has 0 bridgehead atoms. The number of amides is 1. The molecule has 90 valence electrons. The van der Waals surface area contributed by atoms with Crippen molar-refractivity contribution in [2.24, 2.45) is 0 Å². The van der Waals surface area contributed by atoms with Crippen molar-refractivity contribution in [3.8, 4) is 0 Å². The molecule has 0 aliphatic carbocycles. The number of benzene rings is 2. The van der Waals surface area contributed by atoms with Crippen LogP contribution < -0.4 is 4.90 Å². The summed E-state index contributed by atoms with van der Waals surface area (Å²) in [5.41, 5.74) is 2.85. The van der Waals surface area contributed by atoms with Gasteiger partial charge < -0.3 is 0 Å². The van der Waals surface area contributed by atoms with Gasteiger partial charge in [-0.25, -0.2) is 0 Å². The van der Waals surface area contributed by atoms with Gasteiger partial charge in [0.15, 0.2) is 0 Å². The Hall–Kier alpha value is -2.35. The topological polar surface area (TPSA) is 20.3 Å². The smallest absolute Gasteiger partial charge is 0.254 e. The molecule has 0 heterocycles. The average molecular weight is 237 g/mol. The molecular weight excluding hydrogens is 222 g/mol. The largest absolute Gasteiger partial charge is 0.278 e. The maximum absolute atomic E-state index is 12.0. The first-order valence-electron chi connectivity index (χ1n) is 5.80. The molecule has 2 aromatic carbocycles. The zero-order chi connectivity index (χ0) is 13.0. The monoisotopic (exact) mass is 237 g/mol. The summed E-state index contributed by atoms with van der Waals surface area (Å²) in [4.78, 5) is 13.7. The normalized spacial score (nSPS) is 9.83. The van der Waals surface area contributed by atoms with Gasteiger partial charge in [-0.15, -0.1) is 0 Å². The third kappa shape index (κ3) is 2.48. The van der Waals surface area contributed by atoms with E-state index in [1.54, 1.807) is 4.90 Å². The van der Waals surface area contributed by atoms with E-state index in [-0.39, 0.29) is 5.91 Å². The van der Waals surface area contributed by atoms with Crippen LogP contribution in [0, 0.1) is 6.92 Å². The summed E-state index contributed by atoms with van der Waals surface area (Å²) in [5.74, 6) is -0.134. The van der Waals surface area contributed by atoms with Crippen LogP contribution in [0.1, 0.15) is 5.56 Å². The van der Waals surface area contributed by atoms with Crippen LogP contribution >= 0.6 is 0 Å². The van der Waals surface area contributed by atoms with E-state index in [9.17, 15) is 4.79 Å². The fourth-order valence-corrected chi connectivity index (χ4v) is 1.77. The van der Waals surface area contributed by atoms with Gasteiger partial charge in [-0.05, 0) is 37.3 Å². The van der Waals surface area contributed by atoms with Crippen LogP contribution in [0.4, 0.5) is 11.4 Å². The molecule has 0 aliphatic heterocycles. The van der Waals surface area contributed by atoms with Gasteiger partial charge >= 0.3 is 0 Å². The van der Waals surface area contributed by atoms with E-state index in [0.29, 0.717) is 0 Å². The number of anilines is 2. The summed E-state index contributed by atoms with van der Waals surface area (Å²) < 4.78 is 0. The maximum Gasteiger partial charge on any atom is 0.254 e. The lowest BCUT2D eigenvalue weighted by molar-refractivity contribution is -0.113. The lowest BCUT2D eigenvalue weighted by Crippen LogP contribution is -2.23. The molecule has 1 amide bonds. The molecule has 0 N–H and O–H groups in total. The highest BCUT2D eigenvalue weighted by atomic mass is 16.2. The zero-order valence-electron chi connectivity index (χ0n) is 10.3. The molecule has 0 atom stereocenters. The molecular formula is C16H15NO. The lowest BCUT2D eigenvalue weighted by atomic mass is 10.2. The van der Waals surface area contributed by atoms with E-state index in [1.165, 1.54) is 6.08 Å². The second kappa shape index (κ2) is 5.32. The van der Waals surface area contributed by atoms with Crippen molar-refractivity contribution in [1.82, 2.24) is 0 Å². The molecule has 18 heavy (non-hydrogen) atoms. The molecule has 2 rings (SSSR count). The van der Waals surface area contributed by atoms with E-state index in [0.717, 1.165) is 16.9 Å². The van der Waals surface area contributed by atoms with Crippen LogP contribution in [0.25, 0.3) is 0 Å². The van der Waals surface area contributed by atoms with E-state index in [1.807, 2.05) is 61.5 Å². The van der Waals surface area contributed by atoms with Gasteiger partial charge in [0.05, 0.1) is 0 Å². The van der Waals surface area contributed by atoms with Crippen molar-refractivity contribution in [3.63, 3.8) is 0 Å². The zero-order valence-corrected chi connectivity index (χ0v) is 10.3. The van der Waals surface area contributed by atoms with Gasteiger partial charge in [-0.3, -0.25) is 9.69 Å². The summed E-state index contributed by atoms with van der Waals surface area (Å²) in [6.07, 6.45) is 1.33. The first kappa shape index (κ1) is 12.1. The summed E-state index contributed by atoms with van der Waals surface area (Å²) >= 11 is 0. The highest BCUT2D eigenvalue weighted by Crippen LogP contribution is 2.25. The number of aryl methyl sites for hydroxylation is 1. The van der Waals surface area contributed by atoms with Crippen molar-refractivity contribution in [1.29, 1.82) is 0 Å². The Balaban J connectivity index is 2.46. The molecule has 2 heteroatoms. The number of hydrogen-bond donors (Lipinski definition) is 0. The predicted molar refractivity (Wildman–Crippen MR) is 75.0 cm³/mol. The second-order valence-corrected chi connectivity index (χ2v) is 4.05. The molecule has 0 saturated carbocycles. The number of carbonyl (C=O) groups excluding carboxylic acids is 1. The van der Waals surface area contributed by atoms with Crippen LogP contribution in [0.15, 0.2) is 67.3 Å². The molecule has 0 spiro atoms. The third-order valence-electron chi connectivity index (χ3n) is 2.70. The maximum atomic E-state index is 12.0. The number of rotatable bonds is 3. The number of para-hydroxylation sites is 1. The van der Waals surface area contributed by atoms with Crippen LogP contribution in [0.2, 0.25) is 0 Å². The minimum atomic E-state index is -0.134. The molecule has 0 saturated heterocycles. The van der Waals surface area contributed by atoms with Crippen LogP contribution in [0.5, 0.6) is 0 Å². The van der Waals surface area contributed by atoms with Crippen LogP contribution in [-0.4, -0.2) is 5.91 Å². The van der Waals surface area contributed by atoms with E-state index < -0.39 is 0 Å². The van der Waals surface area contributed by atoms with E-state index in [4.69, 9.17) is 0 Å². The summed E-state index contributed by atoms with van der Waals surface area (Å²) in [5, 5.41) is 0. The fraction of sp³-hybridized carbons (Fsp3) is 0.0625. The third-order valence-corrected chi connectivity index (χ3v) is 2.70.